The molecule has 115 valence electrons. The van der Waals surface area contributed by atoms with Gasteiger partial charge < -0.3 is 0 Å². The third-order valence-electron chi connectivity index (χ3n) is 3.88. The Morgan fingerprint density at radius 3 is 2.73 bits per heavy atom. The number of nitrogens with zero attached hydrogens (tertiary/aromatic N) is 1. The molecule has 2 aliphatic heterocycles. The molecule has 6 nitrogen and oxygen atoms in total. The minimum atomic E-state index is -2.83. The van der Waals surface area contributed by atoms with Crippen LogP contribution in [0.15, 0.2) is 6.07 Å². The molecule has 1 aromatic rings. The standard InChI is InChI=1S/C14H12F2N3O3/c15-12(16)8-3-6(7-1-2-11(20)18-13(7)21)4-9-10(8)5-19(17)14(9)22/h4,7,12H,1-2,5,17H2,(H,18,20,21). The van der Waals surface area contributed by atoms with E-state index in [1.807, 2.05) is 0 Å². The SMILES string of the molecule is NN1Cc2c(C(F)F)[c]c(C3CCC(=O)NC3=O)cc2C1=O. The molecular weight excluding hydrogens is 296 g/mol. The quantitative estimate of drug-likeness (QED) is 0.479. The number of rotatable bonds is 2. The number of carbonyl (C=O) groups excluding carboxylic acids is 3. The number of hydrogen-bond acceptors (Lipinski definition) is 4. The number of alkyl halides is 2. The van der Waals surface area contributed by atoms with Crippen LogP contribution in [0.3, 0.4) is 0 Å². The second-order valence-corrected chi connectivity index (χ2v) is 5.27. The van der Waals surface area contributed by atoms with Gasteiger partial charge in [0.2, 0.25) is 11.8 Å². The van der Waals surface area contributed by atoms with Crippen molar-refractivity contribution in [2.45, 2.75) is 31.7 Å². The van der Waals surface area contributed by atoms with Crippen molar-refractivity contribution in [1.82, 2.24) is 10.3 Å². The summed E-state index contributed by atoms with van der Waals surface area (Å²) in [6.07, 6.45) is -2.52. The number of halogens is 2. The van der Waals surface area contributed by atoms with Gasteiger partial charge in [0, 0.05) is 17.5 Å². The van der Waals surface area contributed by atoms with Crippen LogP contribution < -0.4 is 11.2 Å². The molecule has 1 unspecified atom stereocenters. The Labute approximate surface area is 124 Å². The van der Waals surface area contributed by atoms with Crippen LogP contribution in [-0.4, -0.2) is 22.7 Å². The fraction of sp³-hybridized carbons (Fsp3) is 0.357. The number of imide groups is 1. The van der Waals surface area contributed by atoms with Crippen molar-refractivity contribution >= 4 is 17.7 Å². The summed E-state index contributed by atoms with van der Waals surface area (Å²) in [7, 11) is 0. The predicted octanol–water partition coefficient (Wildman–Crippen LogP) is 0.774. The van der Waals surface area contributed by atoms with Gasteiger partial charge in [-0.05, 0) is 29.7 Å². The van der Waals surface area contributed by atoms with Crippen molar-refractivity contribution in [2.75, 3.05) is 0 Å². The van der Waals surface area contributed by atoms with Crippen LogP contribution >= 0.6 is 0 Å². The van der Waals surface area contributed by atoms with Gasteiger partial charge >= 0.3 is 0 Å². The van der Waals surface area contributed by atoms with Crippen molar-refractivity contribution in [3.63, 3.8) is 0 Å². The second-order valence-electron chi connectivity index (χ2n) is 5.27. The zero-order chi connectivity index (χ0) is 16.0. The molecule has 1 radical (unpaired) electrons. The number of carbonyl (C=O) groups is 3. The molecule has 0 saturated carbocycles. The lowest BCUT2D eigenvalue weighted by Gasteiger charge is -2.22. The smallest absolute Gasteiger partial charge is 0.268 e. The van der Waals surface area contributed by atoms with Crippen LogP contribution in [0.25, 0.3) is 0 Å². The first-order chi connectivity index (χ1) is 10.4. The van der Waals surface area contributed by atoms with Gasteiger partial charge in [0.25, 0.3) is 12.3 Å². The van der Waals surface area contributed by atoms with E-state index in [2.05, 4.69) is 11.4 Å². The van der Waals surface area contributed by atoms with Crippen molar-refractivity contribution in [2.24, 2.45) is 5.84 Å². The van der Waals surface area contributed by atoms with Gasteiger partial charge in [-0.15, -0.1) is 0 Å². The molecule has 3 N–H and O–H groups in total. The molecular formula is C14H12F2N3O3. The molecule has 3 rings (SSSR count). The maximum absolute atomic E-state index is 13.2. The Hall–Kier alpha value is -2.35. The average Bonchev–Trinajstić information content (AvgIpc) is 2.73. The molecule has 2 aliphatic rings. The normalized spacial score (nSPS) is 21.4. The lowest BCUT2D eigenvalue weighted by molar-refractivity contribution is -0.134. The van der Waals surface area contributed by atoms with Crippen molar-refractivity contribution < 1.29 is 23.2 Å². The van der Waals surface area contributed by atoms with E-state index in [9.17, 15) is 23.2 Å². The Morgan fingerprint density at radius 1 is 1.36 bits per heavy atom. The molecule has 0 aromatic heterocycles. The van der Waals surface area contributed by atoms with Crippen LogP contribution in [-0.2, 0) is 16.1 Å². The Bertz CT molecular complexity index is 690. The number of fused-ring (bicyclic) bond motifs is 1. The van der Waals surface area contributed by atoms with Crippen LogP contribution in [0, 0.1) is 6.07 Å². The number of nitrogens with two attached hydrogens (primary N) is 1. The minimum Gasteiger partial charge on any atom is -0.296 e. The highest BCUT2D eigenvalue weighted by Gasteiger charge is 2.35. The maximum Gasteiger partial charge on any atom is 0.268 e. The Balaban J connectivity index is 2.07. The first-order valence-corrected chi connectivity index (χ1v) is 6.66. The number of nitrogens with one attached hydrogen (secondary N) is 1. The fourth-order valence-electron chi connectivity index (χ4n) is 2.78. The highest BCUT2D eigenvalue weighted by Crippen LogP contribution is 2.35. The number of benzene rings is 1. The van der Waals surface area contributed by atoms with Crippen LogP contribution in [0.2, 0.25) is 0 Å². The van der Waals surface area contributed by atoms with Gasteiger partial charge in [0.05, 0.1) is 12.5 Å². The van der Waals surface area contributed by atoms with Crippen molar-refractivity contribution in [1.29, 1.82) is 0 Å². The largest absolute Gasteiger partial charge is 0.296 e. The molecule has 1 aromatic carbocycles. The predicted molar refractivity (Wildman–Crippen MR) is 69.4 cm³/mol. The molecule has 0 spiro atoms. The molecule has 22 heavy (non-hydrogen) atoms. The maximum atomic E-state index is 13.2. The summed E-state index contributed by atoms with van der Waals surface area (Å²) in [4.78, 5) is 35.0. The van der Waals surface area contributed by atoms with Gasteiger partial charge in [0.1, 0.15) is 0 Å². The topological polar surface area (TPSA) is 92.5 Å². The van der Waals surface area contributed by atoms with Crippen molar-refractivity contribution in [3.05, 3.63) is 34.4 Å². The zero-order valence-electron chi connectivity index (χ0n) is 11.4. The van der Waals surface area contributed by atoms with E-state index >= 15 is 0 Å². The van der Waals surface area contributed by atoms with Gasteiger partial charge in [-0.2, -0.15) is 0 Å². The fourth-order valence-corrected chi connectivity index (χ4v) is 2.78. The molecule has 2 heterocycles. The molecule has 0 aliphatic carbocycles. The molecule has 0 bridgehead atoms. The lowest BCUT2D eigenvalue weighted by Crippen LogP contribution is -2.39. The molecule has 1 fully saturated rings. The first-order valence-electron chi connectivity index (χ1n) is 6.66. The Morgan fingerprint density at radius 2 is 2.09 bits per heavy atom. The first kappa shape index (κ1) is 14.6. The number of hydrogen-bond donors (Lipinski definition) is 2. The summed E-state index contributed by atoms with van der Waals surface area (Å²) in [5.41, 5.74) is -0.0315. The van der Waals surface area contributed by atoms with E-state index in [-0.39, 0.29) is 36.1 Å². The highest BCUT2D eigenvalue weighted by molar-refractivity contribution is 6.02. The number of piperidine rings is 1. The third-order valence-corrected chi connectivity index (χ3v) is 3.88. The summed E-state index contributed by atoms with van der Waals surface area (Å²) in [6.45, 7) is -0.111. The van der Waals surface area contributed by atoms with Crippen LogP contribution in [0.1, 0.15) is 52.2 Å². The Kier molecular flexibility index (Phi) is 3.40. The van der Waals surface area contributed by atoms with E-state index < -0.39 is 35.6 Å². The molecule has 8 heteroatoms. The summed E-state index contributed by atoms with van der Waals surface area (Å²) >= 11 is 0. The molecule has 3 amide bonds. The van der Waals surface area contributed by atoms with Gasteiger partial charge in [-0.25, -0.2) is 14.6 Å². The van der Waals surface area contributed by atoms with E-state index in [4.69, 9.17) is 5.84 Å². The summed E-state index contributed by atoms with van der Waals surface area (Å²) in [6, 6.07) is 3.92. The zero-order valence-corrected chi connectivity index (χ0v) is 11.4. The van der Waals surface area contributed by atoms with E-state index in [1.165, 1.54) is 6.07 Å². The minimum absolute atomic E-state index is 0.0660. The monoisotopic (exact) mass is 308 g/mol. The summed E-state index contributed by atoms with van der Waals surface area (Å²) in [5, 5.41) is 3.00. The highest BCUT2D eigenvalue weighted by atomic mass is 19.3. The second kappa shape index (κ2) is 5.13. The molecule has 1 atom stereocenters. The van der Waals surface area contributed by atoms with E-state index in [0.29, 0.717) is 0 Å². The van der Waals surface area contributed by atoms with Crippen LogP contribution in [0.5, 0.6) is 0 Å². The van der Waals surface area contributed by atoms with Crippen LogP contribution in [0.4, 0.5) is 8.78 Å². The lowest BCUT2D eigenvalue weighted by atomic mass is 9.87. The summed E-state index contributed by atoms with van der Waals surface area (Å²) in [5.74, 6) is 3.16. The van der Waals surface area contributed by atoms with Crippen molar-refractivity contribution in [3.8, 4) is 0 Å². The number of hydrazine groups is 1. The van der Waals surface area contributed by atoms with Gasteiger partial charge in [-0.3, -0.25) is 24.7 Å². The van der Waals surface area contributed by atoms with E-state index in [1.54, 1.807) is 0 Å². The van der Waals surface area contributed by atoms with Gasteiger partial charge in [-0.1, -0.05) is 0 Å². The third kappa shape index (κ3) is 2.25. The van der Waals surface area contributed by atoms with Gasteiger partial charge in [0.15, 0.2) is 0 Å². The summed E-state index contributed by atoms with van der Waals surface area (Å²) < 4.78 is 26.5. The average molecular weight is 308 g/mol. The van der Waals surface area contributed by atoms with E-state index in [0.717, 1.165) is 5.01 Å². The number of amides is 3. The molecule has 1 saturated heterocycles.